The second-order valence-electron chi connectivity index (χ2n) is 4.02. The summed E-state index contributed by atoms with van der Waals surface area (Å²) in [5.74, 6) is 0.420. The van der Waals surface area contributed by atoms with Crippen molar-refractivity contribution in [2.45, 2.75) is 25.8 Å². The summed E-state index contributed by atoms with van der Waals surface area (Å²) in [5, 5.41) is 3.34. The molecule has 0 radical (unpaired) electrons. The molecule has 14 heavy (non-hydrogen) atoms. The molecule has 1 saturated carbocycles. The van der Waals surface area contributed by atoms with Gasteiger partial charge in [-0.2, -0.15) is 0 Å². The Morgan fingerprint density at radius 2 is 2.14 bits per heavy atom. The van der Waals surface area contributed by atoms with E-state index in [1.165, 1.54) is 0 Å². The van der Waals surface area contributed by atoms with E-state index in [2.05, 4.69) is 12.2 Å². The highest BCUT2D eigenvalue weighted by Crippen LogP contribution is 2.31. The fraction of sp³-hybridized carbons (Fsp3) is 0.455. The van der Waals surface area contributed by atoms with Crippen molar-refractivity contribution in [1.29, 1.82) is 0 Å². The fourth-order valence-electron chi connectivity index (χ4n) is 1.86. The van der Waals surface area contributed by atoms with Crippen molar-refractivity contribution in [3.8, 4) is 0 Å². The molecule has 1 N–H and O–H groups in total. The Bertz CT molecular complexity index is 334. The molecule has 0 unspecified atom stereocenters. The number of nitrogens with one attached hydrogen (secondary N) is 1. The van der Waals surface area contributed by atoms with E-state index in [1.54, 1.807) is 18.2 Å². The molecule has 1 nitrogen and oxygen atoms in total. The van der Waals surface area contributed by atoms with E-state index in [0.29, 0.717) is 11.7 Å². The number of halogens is 2. The second kappa shape index (κ2) is 3.77. The standard InChI is InChI=1S/C11H13ClFN/c1-7-5-8(6-7)14-10-4-2-3-9(12)11(10)13/h2-4,7-8,14H,5-6H2,1H3. The lowest BCUT2D eigenvalue weighted by Crippen LogP contribution is -2.34. The predicted molar refractivity (Wildman–Crippen MR) is 57.2 cm³/mol. The minimum absolute atomic E-state index is 0.183. The van der Waals surface area contributed by atoms with Crippen molar-refractivity contribution < 1.29 is 4.39 Å². The highest BCUT2D eigenvalue weighted by Gasteiger charge is 2.25. The zero-order valence-corrected chi connectivity index (χ0v) is 8.81. The van der Waals surface area contributed by atoms with Crippen LogP contribution in [0.4, 0.5) is 10.1 Å². The summed E-state index contributed by atoms with van der Waals surface area (Å²) >= 11 is 5.67. The Morgan fingerprint density at radius 1 is 1.43 bits per heavy atom. The van der Waals surface area contributed by atoms with Crippen molar-refractivity contribution in [2.75, 3.05) is 5.32 Å². The SMILES string of the molecule is CC1CC(Nc2cccc(Cl)c2F)C1. The summed E-state index contributed by atoms with van der Waals surface area (Å²) in [5.41, 5.74) is 0.523. The minimum atomic E-state index is -0.339. The van der Waals surface area contributed by atoms with Gasteiger partial charge < -0.3 is 5.32 Å². The third-order valence-corrected chi connectivity index (χ3v) is 2.98. The van der Waals surface area contributed by atoms with Gasteiger partial charge in [-0.1, -0.05) is 24.6 Å². The largest absolute Gasteiger partial charge is 0.380 e. The van der Waals surface area contributed by atoms with E-state index in [-0.39, 0.29) is 10.8 Å². The van der Waals surface area contributed by atoms with E-state index in [4.69, 9.17) is 11.6 Å². The van der Waals surface area contributed by atoms with Gasteiger partial charge in [-0.15, -0.1) is 0 Å². The van der Waals surface area contributed by atoms with Crippen molar-refractivity contribution in [2.24, 2.45) is 5.92 Å². The summed E-state index contributed by atoms with van der Waals surface area (Å²) in [6.45, 7) is 2.20. The Hall–Kier alpha value is -0.760. The zero-order chi connectivity index (χ0) is 10.1. The van der Waals surface area contributed by atoms with Crippen LogP contribution in [-0.2, 0) is 0 Å². The number of benzene rings is 1. The maximum absolute atomic E-state index is 13.4. The van der Waals surface area contributed by atoms with Gasteiger partial charge >= 0.3 is 0 Å². The first-order valence-electron chi connectivity index (χ1n) is 4.87. The van der Waals surface area contributed by atoms with Crippen LogP contribution in [0.25, 0.3) is 0 Å². The minimum Gasteiger partial charge on any atom is -0.380 e. The average molecular weight is 214 g/mol. The molecule has 0 amide bonds. The summed E-state index contributed by atoms with van der Waals surface area (Å²) < 4.78 is 13.4. The van der Waals surface area contributed by atoms with Crippen LogP contribution < -0.4 is 5.32 Å². The Kier molecular flexibility index (Phi) is 2.64. The van der Waals surface area contributed by atoms with Gasteiger partial charge in [-0.3, -0.25) is 0 Å². The van der Waals surface area contributed by atoms with Gasteiger partial charge in [0.15, 0.2) is 5.82 Å². The first-order chi connectivity index (χ1) is 6.66. The molecule has 3 heteroatoms. The molecule has 0 heterocycles. The molecule has 0 bridgehead atoms. The summed E-state index contributed by atoms with van der Waals surface area (Å²) in [6, 6.07) is 5.46. The van der Waals surface area contributed by atoms with Crippen LogP contribution in [0.3, 0.4) is 0 Å². The molecule has 76 valence electrons. The van der Waals surface area contributed by atoms with Crippen LogP contribution in [0.15, 0.2) is 18.2 Å². The second-order valence-corrected chi connectivity index (χ2v) is 4.43. The molecule has 1 aromatic rings. The van der Waals surface area contributed by atoms with Crippen LogP contribution in [-0.4, -0.2) is 6.04 Å². The quantitative estimate of drug-likeness (QED) is 0.790. The molecule has 1 aliphatic carbocycles. The van der Waals surface area contributed by atoms with E-state index in [0.717, 1.165) is 18.8 Å². The van der Waals surface area contributed by atoms with Crippen molar-refractivity contribution in [3.63, 3.8) is 0 Å². The lowest BCUT2D eigenvalue weighted by atomic mass is 9.82. The Morgan fingerprint density at radius 3 is 2.79 bits per heavy atom. The number of hydrogen-bond donors (Lipinski definition) is 1. The number of rotatable bonds is 2. The molecule has 0 aromatic heterocycles. The molecule has 1 aromatic carbocycles. The molecule has 1 aliphatic rings. The van der Waals surface area contributed by atoms with E-state index in [1.807, 2.05) is 0 Å². The molecule has 0 spiro atoms. The highest BCUT2D eigenvalue weighted by atomic mass is 35.5. The van der Waals surface area contributed by atoms with Gasteiger partial charge in [0.1, 0.15) is 0 Å². The first kappa shape index (κ1) is 9.78. The normalized spacial score (nSPS) is 25.6. The van der Waals surface area contributed by atoms with Gasteiger partial charge in [-0.25, -0.2) is 4.39 Å². The molecular weight excluding hydrogens is 201 g/mol. The lowest BCUT2D eigenvalue weighted by molar-refractivity contribution is 0.308. The molecule has 1 fully saturated rings. The van der Waals surface area contributed by atoms with Crippen LogP contribution in [0.1, 0.15) is 19.8 Å². The van der Waals surface area contributed by atoms with Gasteiger partial charge in [-0.05, 0) is 30.9 Å². The maximum atomic E-state index is 13.4. The Labute approximate surface area is 88.3 Å². The molecule has 2 rings (SSSR count). The van der Waals surface area contributed by atoms with Crippen molar-refractivity contribution >= 4 is 17.3 Å². The van der Waals surface area contributed by atoms with Crippen LogP contribution >= 0.6 is 11.6 Å². The van der Waals surface area contributed by atoms with Crippen LogP contribution in [0.5, 0.6) is 0 Å². The maximum Gasteiger partial charge on any atom is 0.164 e. The predicted octanol–water partition coefficient (Wildman–Crippen LogP) is 3.69. The van der Waals surface area contributed by atoms with E-state index < -0.39 is 0 Å². The molecule has 0 saturated heterocycles. The third-order valence-electron chi connectivity index (χ3n) is 2.68. The number of hydrogen-bond acceptors (Lipinski definition) is 1. The summed E-state index contributed by atoms with van der Waals surface area (Å²) in [7, 11) is 0. The van der Waals surface area contributed by atoms with Crippen LogP contribution in [0, 0.1) is 11.7 Å². The average Bonchev–Trinajstić information content (AvgIpc) is 2.10. The first-order valence-corrected chi connectivity index (χ1v) is 5.25. The smallest absolute Gasteiger partial charge is 0.164 e. The zero-order valence-electron chi connectivity index (χ0n) is 8.06. The number of anilines is 1. The monoisotopic (exact) mass is 213 g/mol. The summed E-state index contributed by atoms with van der Waals surface area (Å²) in [4.78, 5) is 0. The Balaban J connectivity index is 2.06. The van der Waals surface area contributed by atoms with Gasteiger partial charge in [0.05, 0.1) is 10.7 Å². The van der Waals surface area contributed by atoms with Crippen molar-refractivity contribution in [3.05, 3.63) is 29.0 Å². The molecular formula is C11H13ClFN. The van der Waals surface area contributed by atoms with Crippen molar-refractivity contribution in [1.82, 2.24) is 0 Å². The highest BCUT2D eigenvalue weighted by molar-refractivity contribution is 6.31. The van der Waals surface area contributed by atoms with Gasteiger partial charge in [0, 0.05) is 6.04 Å². The lowest BCUT2D eigenvalue weighted by Gasteiger charge is -2.34. The van der Waals surface area contributed by atoms with E-state index in [9.17, 15) is 4.39 Å². The van der Waals surface area contributed by atoms with Crippen LogP contribution in [0.2, 0.25) is 5.02 Å². The third kappa shape index (κ3) is 1.85. The fourth-order valence-corrected chi connectivity index (χ4v) is 2.03. The van der Waals surface area contributed by atoms with E-state index >= 15 is 0 Å². The molecule has 0 aliphatic heterocycles. The molecule has 0 atom stereocenters. The van der Waals surface area contributed by atoms with Gasteiger partial charge in [0.25, 0.3) is 0 Å². The topological polar surface area (TPSA) is 12.0 Å². The summed E-state index contributed by atoms with van der Waals surface area (Å²) in [6.07, 6.45) is 2.23. The van der Waals surface area contributed by atoms with Gasteiger partial charge in [0.2, 0.25) is 0 Å².